The van der Waals surface area contributed by atoms with Crippen LogP contribution in [0.1, 0.15) is 21.5 Å². The fourth-order valence-electron chi connectivity index (χ4n) is 2.82. The predicted octanol–water partition coefficient (Wildman–Crippen LogP) is 1.56. The minimum Gasteiger partial charge on any atom is -0.365 e. The molecule has 0 unspecified atom stereocenters. The molecule has 0 fully saturated rings. The van der Waals surface area contributed by atoms with Gasteiger partial charge in [-0.15, -0.1) is 0 Å². The van der Waals surface area contributed by atoms with Crippen molar-refractivity contribution in [2.45, 2.75) is 13.0 Å². The van der Waals surface area contributed by atoms with Crippen LogP contribution in [0.5, 0.6) is 0 Å². The number of nitro groups is 2. The molecular formula is C15H13N5O5. The Morgan fingerprint density at radius 1 is 1.12 bits per heavy atom. The summed E-state index contributed by atoms with van der Waals surface area (Å²) < 4.78 is 0. The van der Waals surface area contributed by atoms with Gasteiger partial charge in [0.15, 0.2) is 0 Å². The van der Waals surface area contributed by atoms with Gasteiger partial charge in [-0.3, -0.25) is 25.0 Å². The molecule has 10 nitrogen and oxygen atoms in total. The molecular weight excluding hydrogens is 330 g/mol. The Morgan fingerprint density at radius 3 is 2.48 bits per heavy atom. The minimum atomic E-state index is -0.823. The van der Waals surface area contributed by atoms with Crippen molar-refractivity contribution in [1.82, 2.24) is 4.98 Å². The number of carbonyl (C=O) groups excluding carboxylic acids is 1. The molecule has 3 rings (SSSR count). The Morgan fingerprint density at radius 2 is 1.84 bits per heavy atom. The van der Waals surface area contributed by atoms with Gasteiger partial charge in [0, 0.05) is 31.3 Å². The average Bonchev–Trinajstić information content (AvgIpc) is 2.60. The van der Waals surface area contributed by atoms with Gasteiger partial charge in [-0.1, -0.05) is 6.07 Å². The highest BCUT2D eigenvalue weighted by molar-refractivity contribution is 5.98. The van der Waals surface area contributed by atoms with Gasteiger partial charge in [-0.2, -0.15) is 0 Å². The molecule has 0 saturated heterocycles. The molecule has 0 saturated carbocycles. The molecule has 1 aliphatic rings. The van der Waals surface area contributed by atoms with E-state index in [4.69, 9.17) is 5.73 Å². The zero-order chi connectivity index (χ0) is 18.1. The van der Waals surface area contributed by atoms with Crippen molar-refractivity contribution in [3.63, 3.8) is 0 Å². The molecule has 10 heteroatoms. The second-order valence-corrected chi connectivity index (χ2v) is 5.57. The number of nitro benzene ring substituents is 1. The van der Waals surface area contributed by atoms with Crippen LogP contribution in [0.4, 0.5) is 17.2 Å². The number of carbonyl (C=O) groups is 1. The predicted molar refractivity (Wildman–Crippen MR) is 87.3 cm³/mol. The summed E-state index contributed by atoms with van der Waals surface area (Å²) in [5, 5.41) is 21.8. The second-order valence-electron chi connectivity index (χ2n) is 5.57. The molecule has 1 aromatic heterocycles. The molecule has 1 amide bonds. The average molecular weight is 343 g/mol. The van der Waals surface area contributed by atoms with Gasteiger partial charge in [0.2, 0.25) is 0 Å². The van der Waals surface area contributed by atoms with Crippen LogP contribution in [0.15, 0.2) is 30.5 Å². The highest BCUT2D eigenvalue weighted by Crippen LogP contribution is 2.29. The molecule has 0 radical (unpaired) electrons. The van der Waals surface area contributed by atoms with Gasteiger partial charge in [0.1, 0.15) is 12.0 Å². The van der Waals surface area contributed by atoms with E-state index in [0.717, 1.165) is 23.4 Å². The number of non-ortho nitro benzene ring substituents is 1. The maximum absolute atomic E-state index is 11.7. The molecule has 2 N–H and O–H groups in total. The van der Waals surface area contributed by atoms with Crippen molar-refractivity contribution >= 4 is 23.1 Å². The summed E-state index contributed by atoms with van der Waals surface area (Å²) in [7, 11) is 0. The number of amides is 1. The smallest absolute Gasteiger partial charge is 0.288 e. The van der Waals surface area contributed by atoms with Crippen molar-refractivity contribution in [3.05, 3.63) is 67.4 Å². The van der Waals surface area contributed by atoms with E-state index in [1.54, 1.807) is 11.0 Å². The van der Waals surface area contributed by atoms with Crippen LogP contribution < -0.4 is 10.6 Å². The van der Waals surface area contributed by atoms with Gasteiger partial charge in [-0.05, 0) is 17.5 Å². The third-order valence-electron chi connectivity index (χ3n) is 4.04. The van der Waals surface area contributed by atoms with Crippen molar-refractivity contribution < 1.29 is 14.6 Å². The van der Waals surface area contributed by atoms with Crippen molar-refractivity contribution in [2.24, 2.45) is 5.73 Å². The van der Waals surface area contributed by atoms with Gasteiger partial charge in [-0.25, -0.2) is 4.98 Å². The van der Waals surface area contributed by atoms with Gasteiger partial charge in [0.25, 0.3) is 17.3 Å². The largest absolute Gasteiger partial charge is 0.365 e. The van der Waals surface area contributed by atoms with E-state index in [0.29, 0.717) is 19.5 Å². The Balaban J connectivity index is 1.98. The fraction of sp³-hybridized carbons (Fsp3) is 0.200. The zero-order valence-corrected chi connectivity index (χ0v) is 12.9. The third-order valence-corrected chi connectivity index (χ3v) is 4.04. The zero-order valence-electron chi connectivity index (χ0n) is 12.9. The van der Waals surface area contributed by atoms with Gasteiger partial charge in [0.05, 0.1) is 15.4 Å². The number of anilines is 1. The lowest BCUT2D eigenvalue weighted by Gasteiger charge is -2.30. The summed E-state index contributed by atoms with van der Waals surface area (Å²) in [5.74, 6) is -0.591. The molecule has 0 spiro atoms. The molecule has 1 aromatic carbocycles. The van der Waals surface area contributed by atoms with E-state index in [-0.39, 0.29) is 22.8 Å². The number of nitrogens with two attached hydrogens (primary N) is 1. The van der Waals surface area contributed by atoms with Crippen LogP contribution in [-0.4, -0.2) is 27.3 Å². The summed E-state index contributed by atoms with van der Waals surface area (Å²) in [6.07, 6.45) is 1.66. The first-order valence-electron chi connectivity index (χ1n) is 7.32. The molecule has 0 bridgehead atoms. The number of rotatable bonds is 4. The van der Waals surface area contributed by atoms with E-state index in [9.17, 15) is 25.0 Å². The van der Waals surface area contributed by atoms with Gasteiger partial charge >= 0.3 is 0 Å². The first-order valence-corrected chi connectivity index (χ1v) is 7.32. The quantitative estimate of drug-likeness (QED) is 0.654. The minimum absolute atomic E-state index is 0.0209. The van der Waals surface area contributed by atoms with Crippen LogP contribution in [0.25, 0.3) is 0 Å². The fourth-order valence-corrected chi connectivity index (χ4v) is 2.82. The Labute approximate surface area is 141 Å². The number of hydrogen-bond donors (Lipinski definition) is 1. The Hall–Kier alpha value is -3.56. The lowest BCUT2D eigenvalue weighted by Crippen LogP contribution is -2.33. The third kappa shape index (κ3) is 3.09. The summed E-state index contributed by atoms with van der Waals surface area (Å²) in [6.45, 7) is 0.804. The van der Waals surface area contributed by atoms with E-state index in [1.165, 1.54) is 12.1 Å². The highest BCUT2D eigenvalue weighted by atomic mass is 16.6. The van der Waals surface area contributed by atoms with Crippen LogP contribution >= 0.6 is 0 Å². The molecule has 1 aliphatic heterocycles. The monoisotopic (exact) mass is 343 g/mol. The highest BCUT2D eigenvalue weighted by Gasteiger charge is 2.25. The standard InChI is InChI=1S/C15H13N5O5/c16-14(21)13-6-12(20(24)25)7-17-15(13)18-4-3-9-1-2-11(19(22)23)5-10(9)8-18/h1-2,5-7H,3-4,8H2,(H2,16,21). The van der Waals surface area contributed by atoms with Crippen molar-refractivity contribution in [3.8, 4) is 0 Å². The summed E-state index contributed by atoms with van der Waals surface area (Å²) >= 11 is 0. The van der Waals surface area contributed by atoms with Crippen molar-refractivity contribution in [1.29, 1.82) is 0 Å². The van der Waals surface area contributed by atoms with Crippen LogP contribution in [0, 0.1) is 20.2 Å². The number of nitrogens with zero attached hydrogens (tertiary/aromatic N) is 4. The lowest BCUT2D eigenvalue weighted by molar-refractivity contribution is -0.385. The van der Waals surface area contributed by atoms with Gasteiger partial charge < -0.3 is 10.6 Å². The Bertz CT molecular complexity index is 898. The van der Waals surface area contributed by atoms with E-state index >= 15 is 0 Å². The maximum atomic E-state index is 11.7. The summed E-state index contributed by atoms with van der Waals surface area (Å²) in [5.41, 5.74) is 6.65. The Kier molecular flexibility index (Phi) is 4.01. The molecule has 2 aromatic rings. The number of fused-ring (bicyclic) bond motifs is 1. The van der Waals surface area contributed by atoms with E-state index in [1.807, 2.05) is 0 Å². The molecule has 2 heterocycles. The number of benzene rings is 1. The lowest BCUT2D eigenvalue weighted by atomic mass is 9.98. The number of aromatic nitrogens is 1. The first-order chi connectivity index (χ1) is 11.9. The normalized spacial score (nSPS) is 13.2. The number of hydrogen-bond acceptors (Lipinski definition) is 7. The SMILES string of the molecule is NC(=O)c1cc([N+](=O)[O-])cnc1N1CCc2ccc([N+](=O)[O-])cc2C1. The maximum Gasteiger partial charge on any atom is 0.288 e. The molecule has 0 atom stereocenters. The van der Waals surface area contributed by atoms with Crippen LogP contribution in [-0.2, 0) is 13.0 Å². The molecule has 0 aliphatic carbocycles. The molecule has 25 heavy (non-hydrogen) atoms. The first kappa shape index (κ1) is 16.3. The van der Waals surface area contributed by atoms with Crippen LogP contribution in [0.2, 0.25) is 0 Å². The summed E-state index contributed by atoms with van der Waals surface area (Å²) in [4.78, 5) is 38.1. The van der Waals surface area contributed by atoms with E-state index in [2.05, 4.69) is 4.98 Å². The van der Waals surface area contributed by atoms with Crippen molar-refractivity contribution in [2.75, 3.05) is 11.4 Å². The van der Waals surface area contributed by atoms with E-state index < -0.39 is 15.8 Å². The number of pyridine rings is 1. The topological polar surface area (TPSA) is 146 Å². The van der Waals surface area contributed by atoms with Crippen LogP contribution in [0.3, 0.4) is 0 Å². The molecule has 128 valence electrons. The summed E-state index contributed by atoms with van der Waals surface area (Å²) in [6, 6.07) is 5.74. The number of primary amides is 1. The second kappa shape index (κ2) is 6.15.